The van der Waals surface area contributed by atoms with Crippen LogP contribution in [0, 0.1) is 20.8 Å². The van der Waals surface area contributed by atoms with E-state index in [9.17, 15) is 19.2 Å². The van der Waals surface area contributed by atoms with Gasteiger partial charge in [-0.2, -0.15) is 0 Å². The Balaban J connectivity index is 1.59. The van der Waals surface area contributed by atoms with Crippen LogP contribution in [0.2, 0.25) is 10.0 Å². The summed E-state index contributed by atoms with van der Waals surface area (Å²) in [6, 6.07) is 14.0. The minimum Gasteiger partial charge on any atom is -0.483 e. The van der Waals surface area contributed by atoms with Crippen LogP contribution in [0.4, 0.5) is 16.2 Å². The summed E-state index contributed by atoms with van der Waals surface area (Å²) in [4.78, 5) is 51.9. The Morgan fingerprint density at radius 3 is 2.34 bits per heavy atom. The summed E-state index contributed by atoms with van der Waals surface area (Å²) in [6.07, 6.45) is 1.26. The van der Waals surface area contributed by atoms with Gasteiger partial charge in [-0.25, -0.2) is 9.69 Å². The van der Waals surface area contributed by atoms with Crippen LogP contribution in [0.25, 0.3) is 6.08 Å². The zero-order valence-corrected chi connectivity index (χ0v) is 22.2. The quantitative estimate of drug-likeness (QED) is 0.306. The van der Waals surface area contributed by atoms with E-state index < -0.39 is 23.8 Å². The molecule has 0 saturated carbocycles. The molecule has 4 rings (SSSR count). The highest BCUT2D eigenvalue weighted by Crippen LogP contribution is 2.30. The van der Waals surface area contributed by atoms with Gasteiger partial charge in [0.1, 0.15) is 11.3 Å². The first-order valence-electron chi connectivity index (χ1n) is 11.5. The normalized spacial score (nSPS) is 14.5. The summed E-state index contributed by atoms with van der Waals surface area (Å²) in [5.41, 5.74) is 3.56. The van der Waals surface area contributed by atoms with Gasteiger partial charge in [-0.05, 0) is 86.0 Å². The standard InChI is InChI=1S/C28H23Cl2N3O5/c1-15-5-8-21(10-17(15)3)31-25(34)14-38-24-9-7-19(29)11-18(24)12-22-26(35)32-28(37)33(27(22)36)23-13-20(30)6-4-16(23)2/h4-13H,14H2,1-3H3,(H,31,34)(H,32,35,37)/b22-12+. The number of benzene rings is 3. The minimum absolute atomic E-state index is 0.208. The molecule has 38 heavy (non-hydrogen) atoms. The number of barbiturate groups is 1. The average molecular weight is 552 g/mol. The number of hydrogen-bond donors (Lipinski definition) is 2. The van der Waals surface area contributed by atoms with Gasteiger partial charge in [0.15, 0.2) is 6.61 Å². The molecule has 2 N–H and O–H groups in total. The van der Waals surface area contributed by atoms with Crippen LogP contribution < -0.4 is 20.3 Å². The highest BCUT2D eigenvalue weighted by molar-refractivity contribution is 6.40. The monoisotopic (exact) mass is 551 g/mol. The topological polar surface area (TPSA) is 105 Å². The SMILES string of the molecule is Cc1ccc(NC(=O)COc2ccc(Cl)cc2/C=C2\C(=O)NC(=O)N(c3cc(Cl)ccc3C)C2=O)cc1C. The lowest BCUT2D eigenvalue weighted by Crippen LogP contribution is -2.54. The van der Waals surface area contributed by atoms with Gasteiger partial charge >= 0.3 is 6.03 Å². The van der Waals surface area contributed by atoms with Crippen molar-refractivity contribution in [3.05, 3.63) is 92.5 Å². The fourth-order valence-electron chi connectivity index (χ4n) is 3.78. The van der Waals surface area contributed by atoms with E-state index in [-0.39, 0.29) is 29.2 Å². The van der Waals surface area contributed by atoms with E-state index in [4.69, 9.17) is 27.9 Å². The lowest BCUT2D eigenvalue weighted by atomic mass is 10.0. The number of nitrogens with one attached hydrogen (secondary N) is 2. The molecule has 3 aromatic rings. The molecule has 1 saturated heterocycles. The van der Waals surface area contributed by atoms with Crippen molar-refractivity contribution >= 4 is 64.4 Å². The Kier molecular flexibility index (Phi) is 7.85. The molecule has 8 nitrogen and oxygen atoms in total. The lowest BCUT2D eigenvalue weighted by Gasteiger charge is -2.27. The molecule has 194 valence electrons. The molecular formula is C28H23Cl2N3O5. The van der Waals surface area contributed by atoms with Crippen LogP contribution in [-0.4, -0.2) is 30.4 Å². The third kappa shape index (κ3) is 5.88. The fourth-order valence-corrected chi connectivity index (χ4v) is 4.13. The van der Waals surface area contributed by atoms with E-state index in [1.54, 1.807) is 31.2 Å². The molecule has 5 amide bonds. The maximum Gasteiger partial charge on any atom is 0.335 e. The molecule has 1 aliphatic rings. The molecule has 0 atom stereocenters. The van der Waals surface area contributed by atoms with Gasteiger partial charge in [-0.1, -0.05) is 35.3 Å². The van der Waals surface area contributed by atoms with Crippen molar-refractivity contribution in [2.24, 2.45) is 0 Å². The number of carbonyl (C=O) groups excluding carboxylic acids is 4. The van der Waals surface area contributed by atoms with Gasteiger partial charge in [-0.15, -0.1) is 0 Å². The number of ether oxygens (including phenoxy) is 1. The Bertz CT molecular complexity index is 1520. The molecule has 0 spiro atoms. The summed E-state index contributed by atoms with van der Waals surface area (Å²) in [7, 11) is 0. The molecule has 3 aromatic carbocycles. The number of nitrogens with zero attached hydrogens (tertiary/aromatic N) is 1. The maximum atomic E-state index is 13.3. The molecule has 1 aliphatic heterocycles. The molecule has 0 radical (unpaired) electrons. The van der Waals surface area contributed by atoms with Crippen LogP contribution in [0.1, 0.15) is 22.3 Å². The van der Waals surface area contributed by atoms with E-state index >= 15 is 0 Å². The van der Waals surface area contributed by atoms with Crippen LogP contribution >= 0.6 is 23.2 Å². The Morgan fingerprint density at radius 1 is 0.921 bits per heavy atom. The molecule has 0 unspecified atom stereocenters. The largest absolute Gasteiger partial charge is 0.483 e. The molecule has 1 fully saturated rings. The Hall–Kier alpha value is -4.14. The molecular weight excluding hydrogens is 529 g/mol. The molecule has 0 bridgehead atoms. The van der Waals surface area contributed by atoms with E-state index in [1.807, 2.05) is 26.0 Å². The first kappa shape index (κ1) is 26.9. The van der Waals surface area contributed by atoms with Gasteiger partial charge in [0.25, 0.3) is 17.7 Å². The van der Waals surface area contributed by atoms with Crippen molar-refractivity contribution in [2.75, 3.05) is 16.8 Å². The number of rotatable bonds is 6. The maximum absolute atomic E-state index is 13.3. The van der Waals surface area contributed by atoms with Crippen molar-refractivity contribution in [1.29, 1.82) is 0 Å². The molecule has 1 heterocycles. The van der Waals surface area contributed by atoms with E-state index in [0.717, 1.165) is 16.0 Å². The number of amides is 5. The molecule has 0 aliphatic carbocycles. The summed E-state index contributed by atoms with van der Waals surface area (Å²) < 4.78 is 5.70. The number of anilines is 2. The third-order valence-electron chi connectivity index (χ3n) is 5.93. The second-order valence-electron chi connectivity index (χ2n) is 8.71. The summed E-state index contributed by atoms with van der Waals surface area (Å²) in [5, 5.41) is 5.57. The van der Waals surface area contributed by atoms with Crippen molar-refractivity contribution < 1.29 is 23.9 Å². The van der Waals surface area contributed by atoms with E-state index in [0.29, 0.717) is 21.3 Å². The highest BCUT2D eigenvalue weighted by atomic mass is 35.5. The van der Waals surface area contributed by atoms with Crippen LogP contribution in [0.3, 0.4) is 0 Å². The first-order chi connectivity index (χ1) is 18.0. The smallest absolute Gasteiger partial charge is 0.335 e. The van der Waals surface area contributed by atoms with Crippen molar-refractivity contribution in [3.8, 4) is 5.75 Å². The van der Waals surface area contributed by atoms with Crippen molar-refractivity contribution in [3.63, 3.8) is 0 Å². The van der Waals surface area contributed by atoms with Gasteiger partial charge < -0.3 is 10.1 Å². The summed E-state index contributed by atoms with van der Waals surface area (Å²) >= 11 is 12.2. The fraction of sp³-hybridized carbons (Fsp3) is 0.143. The van der Waals surface area contributed by atoms with Crippen LogP contribution in [0.5, 0.6) is 5.75 Å². The van der Waals surface area contributed by atoms with Gasteiger partial charge in [-0.3, -0.25) is 19.7 Å². The number of hydrogen-bond acceptors (Lipinski definition) is 5. The third-order valence-corrected chi connectivity index (χ3v) is 6.41. The summed E-state index contributed by atoms with van der Waals surface area (Å²) in [5.74, 6) is -1.92. The lowest BCUT2D eigenvalue weighted by molar-refractivity contribution is -0.122. The Morgan fingerprint density at radius 2 is 1.61 bits per heavy atom. The zero-order valence-electron chi connectivity index (χ0n) is 20.7. The minimum atomic E-state index is -0.895. The highest BCUT2D eigenvalue weighted by Gasteiger charge is 2.37. The molecule has 10 heteroatoms. The number of aryl methyl sites for hydroxylation is 3. The summed E-state index contributed by atoms with van der Waals surface area (Å²) in [6.45, 7) is 5.29. The van der Waals surface area contributed by atoms with E-state index in [1.165, 1.54) is 24.3 Å². The van der Waals surface area contributed by atoms with Gasteiger partial charge in [0.2, 0.25) is 0 Å². The number of imide groups is 2. The zero-order chi connectivity index (χ0) is 27.6. The van der Waals surface area contributed by atoms with Gasteiger partial charge in [0.05, 0.1) is 5.69 Å². The number of urea groups is 1. The Labute approximate surface area is 229 Å². The second kappa shape index (κ2) is 11.1. The van der Waals surface area contributed by atoms with Crippen molar-refractivity contribution in [2.45, 2.75) is 20.8 Å². The predicted octanol–water partition coefficient (Wildman–Crippen LogP) is 5.60. The number of halogens is 2. The first-order valence-corrected chi connectivity index (χ1v) is 12.3. The molecule has 0 aromatic heterocycles. The predicted molar refractivity (Wildman–Crippen MR) is 147 cm³/mol. The van der Waals surface area contributed by atoms with Crippen LogP contribution in [0.15, 0.2) is 60.2 Å². The number of carbonyl (C=O) groups is 4. The van der Waals surface area contributed by atoms with Crippen molar-refractivity contribution in [1.82, 2.24) is 5.32 Å². The second-order valence-corrected chi connectivity index (χ2v) is 9.58. The average Bonchev–Trinajstić information content (AvgIpc) is 2.85. The van der Waals surface area contributed by atoms with Gasteiger partial charge in [0, 0.05) is 21.3 Å². The van der Waals surface area contributed by atoms with E-state index in [2.05, 4.69) is 10.6 Å². The van der Waals surface area contributed by atoms with Crippen LogP contribution in [-0.2, 0) is 14.4 Å².